The highest BCUT2D eigenvalue weighted by atomic mass is 16.6. The Bertz CT molecular complexity index is 673. The first-order valence-corrected chi connectivity index (χ1v) is 8.45. The van der Waals surface area contributed by atoms with Gasteiger partial charge in [-0.3, -0.25) is 14.4 Å². The maximum Gasteiger partial charge on any atom is 0.335 e. The van der Waals surface area contributed by atoms with Crippen molar-refractivity contribution in [3.63, 3.8) is 0 Å². The number of ketones is 2. The fraction of sp³-hybridized carbons (Fsp3) is 0.474. The molecule has 8 nitrogen and oxygen atoms in total. The first kappa shape index (κ1) is 22.5. The molecule has 0 bridgehead atoms. The van der Waals surface area contributed by atoms with Crippen molar-refractivity contribution in [3.05, 3.63) is 35.6 Å². The van der Waals surface area contributed by atoms with E-state index in [9.17, 15) is 29.4 Å². The molecule has 1 rings (SSSR count). The van der Waals surface area contributed by atoms with Crippen LogP contribution in [-0.4, -0.2) is 53.0 Å². The van der Waals surface area contributed by atoms with Crippen molar-refractivity contribution in [2.75, 3.05) is 6.61 Å². The summed E-state index contributed by atoms with van der Waals surface area (Å²) in [5.41, 5.74) is -0.0871. The lowest BCUT2D eigenvalue weighted by atomic mass is 9.99. The molecule has 1 heterocycles. The minimum Gasteiger partial charge on any atom is -0.488 e. The van der Waals surface area contributed by atoms with Crippen LogP contribution in [-0.2, 0) is 28.7 Å². The minimum absolute atomic E-state index is 0.0403. The molecule has 0 amide bonds. The number of hydrogen-bond donors (Lipinski definition) is 2. The van der Waals surface area contributed by atoms with Crippen molar-refractivity contribution in [2.24, 2.45) is 5.92 Å². The van der Waals surface area contributed by atoms with Gasteiger partial charge in [-0.1, -0.05) is 19.6 Å². The molecule has 1 aliphatic rings. The molecular formula is C19H24O8. The van der Waals surface area contributed by atoms with E-state index in [1.54, 1.807) is 0 Å². The number of aldehydes is 1. The monoisotopic (exact) mass is 380 g/mol. The fourth-order valence-electron chi connectivity index (χ4n) is 2.35. The van der Waals surface area contributed by atoms with E-state index < -0.39 is 35.8 Å². The van der Waals surface area contributed by atoms with Crippen LogP contribution in [0, 0.1) is 5.92 Å². The Hall–Kier alpha value is -2.58. The lowest BCUT2D eigenvalue weighted by molar-refractivity contribution is -0.142. The second-order valence-corrected chi connectivity index (χ2v) is 6.30. The standard InChI is InChI=1S/C19H24O8/c1-11(8-20)9-26-17(13(3)18(23)24)14-6-4-5-7-15(21)16(22)12(2)10-27-19(14)25/h6,8-9,12,17,19,25H,3-5,7,10H2,1-2H3,(H,23,24)/b11-9?,14-6-. The van der Waals surface area contributed by atoms with Crippen molar-refractivity contribution in [1.82, 2.24) is 0 Å². The normalized spacial score (nSPS) is 25.6. The molecular weight excluding hydrogens is 356 g/mol. The van der Waals surface area contributed by atoms with Crippen LogP contribution in [0.4, 0.5) is 0 Å². The van der Waals surface area contributed by atoms with Gasteiger partial charge < -0.3 is 19.7 Å². The first-order chi connectivity index (χ1) is 12.7. The molecule has 148 valence electrons. The van der Waals surface area contributed by atoms with Crippen LogP contribution in [0.1, 0.15) is 33.1 Å². The maximum atomic E-state index is 11.9. The highest BCUT2D eigenvalue weighted by Gasteiger charge is 2.31. The van der Waals surface area contributed by atoms with Gasteiger partial charge in [0.05, 0.1) is 18.4 Å². The smallest absolute Gasteiger partial charge is 0.335 e. The summed E-state index contributed by atoms with van der Waals surface area (Å²) in [5, 5.41) is 19.7. The van der Waals surface area contributed by atoms with E-state index in [1.165, 1.54) is 19.9 Å². The van der Waals surface area contributed by atoms with Crippen molar-refractivity contribution < 1.29 is 38.9 Å². The van der Waals surface area contributed by atoms with Crippen LogP contribution in [0.2, 0.25) is 0 Å². The SMILES string of the molecule is C=C(C(=O)O)C(OC=C(C)C=O)/C1=C/CCCC(=O)C(=O)C(C)COC1O. The Morgan fingerprint density at radius 3 is 2.70 bits per heavy atom. The number of aliphatic carboxylic acids is 1. The molecule has 0 aromatic heterocycles. The summed E-state index contributed by atoms with van der Waals surface area (Å²) in [6.45, 7) is 6.21. The van der Waals surface area contributed by atoms with Crippen LogP contribution in [0.25, 0.3) is 0 Å². The van der Waals surface area contributed by atoms with Gasteiger partial charge in [-0.15, -0.1) is 0 Å². The third-order valence-electron chi connectivity index (χ3n) is 3.97. The molecule has 27 heavy (non-hydrogen) atoms. The number of carboxylic acid groups (broad SMARTS) is 1. The lowest BCUT2D eigenvalue weighted by Gasteiger charge is -2.25. The highest BCUT2D eigenvalue weighted by Crippen LogP contribution is 2.23. The Morgan fingerprint density at radius 2 is 2.11 bits per heavy atom. The molecule has 0 aliphatic carbocycles. The van der Waals surface area contributed by atoms with Crippen molar-refractivity contribution in [3.8, 4) is 0 Å². The van der Waals surface area contributed by atoms with Gasteiger partial charge in [0.2, 0.25) is 5.78 Å². The molecule has 0 saturated heterocycles. The zero-order valence-corrected chi connectivity index (χ0v) is 15.3. The maximum absolute atomic E-state index is 11.9. The van der Waals surface area contributed by atoms with Crippen LogP contribution in [0.3, 0.4) is 0 Å². The third kappa shape index (κ3) is 6.58. The molecule has 0 aromatic carbocycles. The van der Waals surface area contributed by atoms with Crippen molar-refractivity contribution in [1.29, 1.82) is 0 Å². The van der Waals surface area contributed by atoms with E-state index in [0.29, 0.717) is 12.7 Å². The molecule has 3 atom stereocenters. The van der Waals surface area contributed by atoms with Crippen molar-refractivity contribution in [2.45, 2.75) is 45.5 Å². The topological polar surface area (TPSA) is 127 Å². The Kier molecular flexibility index (Phi) is 8.77. The van der Waals surface area contributed by atoms with Gasteiger partial charge in [0, 0.05) is 23.5 Å². The first-order valence-electron chi connectivity index (χ1n) is 8.45. The van der Waals surface area contributed by atoms with Gasteiger partial charge in [0.15, 0.2) is 18.2 Å². The molecule has 3 unspecified atom stereocenters. The van der Waals surface area contributed by atoms with E-state index in [2.05, 4.69) is 6.58 Å². The number of Topliss-reactive ketones (excluding diaryl/α,β-unsaturated/α-hetero) is 2. The van der Waals surface area contributed by atoms with Gasteiger partial charge in [-0.2, -0.15) is 0 Å². The summed E-state index contributed by atoms with van der Waals surface area (Å²) in [7, 11) is 0. The summed E-state index contributed by atoms with van der Waals surface area (Å²) in [4.78, 5) is 45.8. The lowest BCUT2D eigenvalue weighted by Crippen LogP contribution is -2.32. The summed E-state index contributed by atoms with van der Waals surface area (Å²) in [6.07, 6.45) is 0.905. The van der Waals surface area contributed by atoms with E-state index >= 15 is 0 Å². The van der Waals surface area contributed by atoms with E-state index in [-0.39, 0.29) is 36.2 Å². The van der Waals surface area contributed by atoms with Crippen molar-refractivity contribution >= 4 is 23.8 Å². The number of carbonyl (C=O) groups excluding carboxylic acids is 3. The van der Waals surface area contributed by atoms with Gasteiger partial charge >= 0.3 is 5.97 Å². The van der Waals surface area contributed by atoms with E-state index in [1.807, 2.05) is 0 Å². The molecule has 0 spiro atoms. The molecule has 0 aromatic rings. The zero-order chi connectivity index (χ0) is 20.6. The number of rotatable bonds is 6. The number of hydrogen-bond acceptors (Lipinski definition) is 7. The van der Waals surface area contributed by atoms with Crippen LogP contribution < -0.4 is 0 Å². The number of allylic oxidation sites excluding steroid dienone is 2. The number of ether oxygens (including phenoxy) is 2. The van der Waals surface area contributed by atoms with Gasteiger partial charge in [-0.25, -0.2) is 4.79 Å². The van der Waals surface area contributed by atoms with Crippen LogP contribution in [0.5, 0.6) is 0 Å². The number of carboxylic acids is 1. The quantitative estimate of drug-likeness (QED) is 0.232. The zero-order valence-electron chi connectivity index (χ0n) is 15.3. The minimum atomic E-state index is -1.57. The molecule has 8 heteroatoms. The average Bonchev–Trinajstić information content (AvgIpc) is 2.66. The van der Waals surface area contributed by atoms with Crippen LogP contribution in [0.15, 0.2) is 35.6 Å². The Balaban J connectivity index is 3.19. The van der Waals surface area contributed by atoms with Crippen LogP contribution >= 0.6 is 0 Å². The third-order valence-corrected chi connectivity index (χ3v) is 3.97. The summed E-state index contributed by atoms with van der Waals surface area (Å²) >= 11 is 0. The molecule has 2 N–H and O–H groups in total. The molecule has 0 fully saturated rings. The fourth-order valence-corrected chi connectivity index (χ4v) is 2.35. The Labute approximate surface area is 157 Å². The largest absolute Gasteiger partial charge is 0.488 e. The summed E-state index contributed by atoms with van der Waals surface area (Å²) in [6, 6.07) is 0. The average molecular weight is 380 g/mol. The summed E-state index contributed by atoms with van der Waals surface area (Å²) in [5.74, 6) is -3.17. The summed E-state index contributed by atoms with van der Waals surface area (Å²) < 4.78 is 10.7. The van der Waals surface area contributed by atoms with Gasteiger partial charge in [-0.05, 0) is 19.8 Å². The second kappa shape index (κ2) is 10.5. The predicted molar refractivity (Wildman–Crippen MR) is 94.5 cm³/mol. The molecule has 1 aliphatic heterocycles. The van der Waals surface area contributed by atoms with E-state index in [4.69, 9.17) is 9.47 Å². The second-order valence-electron chi connectivity index (χ2n) is 6.30. The van der Waals surface area contributed by atoms with E-state index in [0.717, 1.165) is 6.26 Å². The number of carbonyl (C=O) groups is 4. The van der Waals surface area contributed by atoms with Gasteiger partial charge in [0.25, 0.3) is 0 Å². The predicted octanol–water partition coefficient (Wildman–Crippen LogP) is 1.33. The number of aliphatic hydroxyl groups is 1. The Morgan fingerprint density at radius 1 is 1.44 bits per heavy atom. The highest BCUT2D eigenvalue weighted by molar-refractivity contribution is 6.37. The van der Waals surface area contributed by atoms with Gasteiger partial charge in [0.1, 0.15) is 6.29 Å². The molecule has 0 saturated carbocycles. The molecule has 0 radical (unpaired) electrons. The number of aliphatic hydroxyl groups excluding tert-OH is 1.